The molecule has 1 N–H and O–H groups in total. The number of nitrogens with zero attached hydrogens (tertiary/aromatic N) is 2. The first-order chi connectivity index (χ1) is 12.6. The Morgan fingerprint density at radius 1 is 1.07 bits per heavy atom. The van der Waals surface area contributed by atoms with Crippen molar-refractivity contribution < 1.29 is 29.0 Å². The quantitative estimate of drug-likeness (QED) is 0.699. The highest BCUT2D eigenvalue weighted by atomic mass is 16.6. The molecule has 1 atom stereocenters. The van der Waals surface area contributed by atoms with E-state index in [0.717, 1.165) is 6.42 Å². The van der Waals surface area contributed by atoms with Crippen molar-refractivity contribution >= 4 is 23.9 Å². The number of hydrogen-bond acceptors (Lipinski definition) is 6. The molecule has 3 amide bonds. The van der Waals surface area contributed by atoms with Crippen LogP contribution in [0.3, 0.4) is 0 Å². The van der Waals surface area contributed by atoms with Crippen LogP contribution in [0.5, 0.6) is 0 Å². The van der Waals surface area contributed by atoms with Crippen LogP contribution in [0.4, 0.5) is 4.79 Å². The molecule has 0 radical (unpaired) electrons. The summed E-state index contributed by atoms with van der Waals surface area (Å²) >= 11 is 0. The lowest BCUT2D eigenvalue weighted by Crippen LogP contribution is -2.52. The molecule has 9 nitrogen and oxygen atoms in total. The fourth-order valence-electron chi connectivity index (χ4n) is 3.44. The maximum Gasteiger partial charge on any atom is 0.410 e. The Labute approximate surface area is 159 Å². The third-order valence-corrected chi connectivity index (χ3v) is 4.75. The number of carboxylic acid groups (broad SMARTS) is 1. The predicted octanol–water partition coefficient (Wildman–Crippen LogP) is -0.509. The summed E-state index contributed by atoms with van der Waals surface area (Å²) < 4.78 is 5.39. The van der Waals surface area contributed by atoms with E-state index in [1.165, 1.54) is 4.90 Å². The van der Waals surface area contributed by atoms with Crippen molar-refractivity contribution in [2.24, 2.45) is 5.92 Å². The number of carbonyl (C=O) groups is 4. The van der Waals surface area contributed by atoms with Crippen LogP contribution in [-0.4, -0.2) is 71.5 Å². The van der Waals surface area contributed by atoms with Gasteiger partial charge in [-0.2, -0.15) is 0 Å². The Morgan fingerprint density at radius 3 is 2.26 bits per heavy atom. The molecule has 0 aromatic carbocycles. The Kier molecular flexibility index (Phi) is 6.67. The predicted molar refractivity (Wildman–Crippen MR) is 93.3 cm³/mol. The van der Waals surface area contributed by atoms with E-state index in [1.54, 1.807) is 25.7 Å². The standard InChI is InChI=1S/C18H29N3O6/c1-18(2,3)27-17(26)21-8-4-5-13(21)16(25)20-9-6-12(7-10-20)15(24)19-11-14(22)23/h12-13H,4-11H2,1-3H3,(H,19,24)(H,22,23)/p-1/t13-/m0/s1. The van der Waals surface area contributed by atoms with Gasteiger partial charge in [0, 0.05) is 25.6 Å². The van der Waals surface area contributed by atoms with E-state index in [9.17, 15) is 24.3 Å². The first-order valence-electron chi connectivity index (χ1n) is 9.34. The summed E-state index contributed by atoms with van der Waals surface area (Å²) in [5.74, 6) is -2.10. The first-order valence-corrected chi connectivity index (χ1v) is 9.34. The average molecular weight is 382 g/mol. The molecule has 2 aliphatic rings. The number of carboxylic acids is 1. The van der Waals surface area contributed by atoms with Gasteiger partial charge in [0.05, 0.1) is 12.5 Å². The lowest BCUT2D eigenvalue weighted by molar-refractivity contribution is -0.304. The van der Waals surface area contributed by atoms with E-state index in [1.807, 2.05) is 0 Å². The van der Waals surface area contributed by atoms with Crippen molar-refractivity contribution in [1.82, 2.24) is 15.1 Å². The Balaban J connectivity index is 1.88. The number of rotatable bonds is 4. The van der Waals surface area contributed by atoms with Gasteiger partial charge in [0.2, 0.25) is 11.8 Å². The van der Waals surface area contributed by atoms with Gasteiger partial charge in [-0.1, -0.05) is 0 Å². The van der Waals surface area contributed by atoms with Crippen LogP contribution in [0.2, 0.25) is 0 Å². The van der Waals surface area contributed by atoms with Crippen LogP contribution < -0.4 is 10.4 Å². The summed E-state index contributed by atoms with van der Waals surface area (Å²) in [5, 5.41) is 12.7. The average Bonchev–Trinajstić information content (AvgIpc) is 3.07. The highest BCUT2D eigenvalue weighted by molar-refractivity contribution is 5.87. The van der Waals surface area contributed by atoms with Gasteiger partial charge in [-0.05, 0) is 46.5 Å². The number of ether oxygens (including phenoxy) is 1. The highest BCUT2D eigenvalue weighted by Crippen LogP contribution is 2.25. The van der Waals surface area contributed by atoms with Crippen LogP contribution in [-0.2, 0) is 19.1 Å². The summed E-state index contributed by atoms with van der Waals surface area (Å²) in [6, 6.07) is -0.525. The number of nitrogens with one attached hydrogen (secondary N) is 1. The topological polar surface area (TPSA) is 119 Å². The summed E-state index contributed by atoms with van der Waals surface area (Å²) in [4.78, 5) is 50.7. The Hall–Kier alpha value is -2.32. The van der Waals surface area contributed by atoms with Crippen molar-refractivity contribution in [1.29, 1.82) is 0 Å². The molecule has 2 heterocycles. The summed E-state index contributed by atoms with van der Waals surface area (Å²) in [6.07, 6.45) is 1.80. The van der Waals surface area contributed by atoms with Crippen molar-refractivity contribution in [2.75, 3.05) is 26.2 Å². The third kappa shape index (κ3) is 5.83. The smallest absolute Gasteiger partial charge is 0.410 e. The normalized spacial score (nSPS) is 21.1. The summed E-state index contributed by atoms with van der Waals surface area (Å²) in [6.45, 7) is 6.15. The van der Waals surface area contributed by atoms with Gasteiger partial charge in [-0.15, -0.1) is 0 Å². The molecule has 2 aliphatic heterocycles. The molecule has 0 aromatic heterocycles. The molecule has 0 bridgehead atoms. The van der Waals surface area contributed by atoms with Gasteiger partial charge >= 0.3 is 6.09 Å². The van der Waals surface area contributed by atoms with Crippen molar-refractivity contribution in [2.45, 2.75) is 58.1 Å². The molecule has 2 saturated heterocycles. The minimum atomic E-state index is -1.33. The minimum Gasteiger partial charge on any atom is -0.548 e. The number of likely N-dealkylation sites (tertiary alicyclic amines) is 2. The molecule has 0 aromatic rings. The van der Waals surface area contributed by atoms with Crippen LogP contribution in [0.25, 0.3) is 0 Å². The van der Waals surface area contributed by atoms with Gasteiger partial charge < -0.3 is 24.9 Å². The molecular weight excluding hydrogens is 354 g/mol. The number of hydrogen-bond donors (Lipinski definition) is 1. The molecule has 0 spiro atoms. The molecule has 152 valence electrons. The fourth-order valence-corrected chi connectivity index (χ4v) is 3.44. The van der Waals surface area contributed by atoms with E-state index in [2.05, 4.69) is 5.32 Å². The lowest BCUT2D eigenvalue weighted by Gasteiger charge is -2.35. The Bertz CT molecular complexity index is 592. The molecule has 2 rings (SSSR count). The molecule has 0 aliphatic carbocycles. The van der Waals surface area contributed by atoms with E-state index in [4.69, 9.17) is 4.74 Å². The zero-order chi connectivity index (χ0) is 20.2. The molecule has 0 saturated carbocycles. The monoisotopic (exact) mass is 382 g/mol. The third-order valence-electron chi connectivity index (χ3n) is 4.75. The van der Waals surface area contributed by atoms with Crippen molar-refractivity contribution in [3.63, 3.8) is 0 Å². The second-order valence-electron chi connectivity index (χ2n) is 8.02. The molecule has 9 heteroatoms. The van der Waals surface area contributed by atoms with Crippen LogP contribution >= 0.6 is 0 Å². The van der Waals surface area contributed by atoms with Gasteiger partial charge in [-0.3, -0.25) is 14.5 Å². The first kappa shape index (κ1) is 21.0. The van der Waals surface area contributed by atoms with E-state index < -0.39 is 30.3 Å². The van der Waals surface area contributed by atoms with Crippen LogP contribution in [0.15, 0.2) is 0 Å². The SMILES string of the molecule is CC(C)(C)OC(=O)N1CCC[C@H]1C(=O)N1CCC(C(=O)NCC(=O)[O-])CC1. The largest absolute Gasteiger partial charge is 0.548 e. The molecule has 27 heavy (non-hydrogen) atoms. The second-order valence-corrected chi connectivity index (χ2v) is 8.02. The van der Waals surface area contributed by atoms with Crippen molar-refractivity contribution in [3.8, 4) is 0 Å². The van der Waals surface area contributed by atoms with Gasteiger partial charge in [0.25, 0.3) is 0 Å². The van der Waals surface area contributed by atoms with Gasteiger partial charge in [0.1, 0.15) is 11.6 Å². The molecule has 0 unspecified atom stereocenters. The van der Waals surface area contributed by atoms with E-state index >= 15 is 0 Å². The highest BCUT2D eigenvalue weighted by Gasteiger charge is 2.39. The molecule has 2 fully saturated rings. The summed E-state index contributed by atoms with van der Waals surface area (Å²) in [7, 11) is 0. The number of carbonyl (C=O) groups excluding carboxylic acids is 4. The Morgan fingerprint density at radius 2 is 1.70 bits per heavy atom. The maximum absolute atomic E-state index is 12.9. The maximum atomic E-state index is 12.9. The van der Waals surface area contributed by atoms with Crippen LogP contribution in [0, 0.1) is 5.92 Å². The number of amides is 3. The fraction of sp³-hybridized carbons (Fsp3) is 0.778. The van der Waals surface area contributed by atoms with Crippen LogP contribution in [0.1, 0.15) is 46.5 Å². The van der Waals surface area contributed by atoms with Gasteiger partial charge in [0.15, 0.2) is 0 Å². The zero-order valence-electron chi connectivity index (χ0n) is 16.2. The number of piperidine rings is 1. The van der Waals surface area contributed by atoms with E-state index in [-0.39, 0.29) is 17.7 Å². The second kappa shape index (κ2) is 8.58. The van der Waals surface area contributed by atoms with E-state index in [0.29, 0.717) is 38.9 Å². The van der Waals surface area contributed by atoms with Crippen molar-refractivity contribution in [3.05, 3.63) is 0 Å². The minimum absolute atomic E-state index is 0.119. The van der Waals surface area contributed by atoms with Gasteiger partial charge in [-0.25, -0.2) is 4.79 Å². The molecular formula is C18H28N3O6-. The number of aliphatic carboxylic acids is 1. The zero-order valence-corrected chi connectivity index (χ0v) is 16.2. The lowest BCUT2D eigenvalue weighted by atomic mass is 9.95. The summed E-state index contributed by atoms with van der Waals surface area (Å²) in [5.41, 5.74) is -0.621.